The van der Waals surface area contributed by atoms with E-state index in [-0.39, 0.29) is 0 Å². The van der Waals surface area contributed by atoms with E-state index in [1.165, 1.54) is 13.8 Å². The maximum Gasteiger partial charge on any atom is 0.332 e. The first-order valence-corrected chi connectivity index (χ1v) is 3.75. The molecule has 0 spiro atoms. The van der Waals surface area contributed by atoms with E-state index in [1.807, 2.05) is 0 Å². The molecule has 0 aliphatic rings. The van der Waals surface area contributed by atoms with Crippen LogP contribution in [0.4, 0.5) is 0 Å². The van der Waals surface area contributed by atoms with Crippen LogP contribution in [-0.4, -0.2) is 26.1 Å². The highest BCUT2D eigenvalue weighted by molar-refractivity contribution is 6.67. The van der Waals surface area contributed by atoms with E-state index in [0.717, 1.165) is 0 Å². The SMILES string of the molecule is CC(Cl)(Cl)Cl.CC(O)C(=O)O. The van der Waals surface area contributed by atoms with Gasteiger partial charge in [-0.3, -0.25) is 0 Å². The van der Waals surface area contributed by atoms with Crippen molar-refractivity contribution in [3.63, 3.8) is 0 Å². The van der Waals surface area contributed by atoms with Gasteiger partial charge in [0.2, 0.25) is 0 Å². The van der Waals surface area contributed by atoms with Gasteiger partial charge in [0.25, 0.3) is 0 Å². The lowest BCUT2D eigenvalue weighted by atomic mass is 10.4. The summed E-state index contributed by atoms with van der Waals surface area (Å²) in [5.41, 5.74) is 0. The number of hydrogen-bond donors (Lipinski definition) is 2. The summed E-state index contributed by atoms with van der Waals surface area (Å²) in [7, 11) is 0. The number of carbonyl (C=O) groups is 1. The molecule has 0 radical (unpaired) electrons. The number of carboxylic acids is 1. The van der Waals surface area contributed by atoms with E-state index in [1.54, 1.807) is 0 Å². The molecule has 0 aromatic heterocycles. The molecular weight excluding hydrogens is 214 g/mol. The molecule has 6 heteroatoms. The third-order valence-corrected chi connectivity index (χ3v) is 0.357. The lowest BCUT2D eigenvalue weighted by Gasteiger charge is -1.94. The summed E-state index contributed by atoms with van der Waals surface area (Å²) in [4.78, 5) is 9.45. The van der Waals surface area contributed by atoms with Crippen LogP contribution < -0.4 is 0 Å². The van der Waals surface area contributed by atoms with Crippen LogP contribution in [-0.2, 0) is 4.79 Å². The maximum atomic E-state index is 9.45. The molecule has 0 aliphatic heterocycles. The average molecular weight is 223 g/mol. The normalized spacial score (nSPS) is 12.9. The molecule has 0 fully saturated rings. The van der Waals surface area contributed by atoms with Crippen LogP contribution in [0.15, 0.2) is 0 Å². The zero-order valence-corrected chi connectivity index (χ0v) is 8.28. The Labute approximate surface area is 79.9 Å². The topological polar surface area (TPSA) is 57.5 Å². The van der Waals surface area contributed by atoms with Gasteiger partial charge in [-0.15, -0.1) is 0 Å². The Balaban J connectivity index is 0. The molecule has 1 atom stereocenters. The maximum absolute atomic E-state index is 9.45. The van der Waals surface area contributed by atoms with E-state index >= 15 is 0 Å². The second-order valence-corrected chi connectivity index (χ2v) is 4.64. The largest absolute Gasteiger partial charge is 0.479 e. The Kier molecular flexibility index (Phi) is 7.42. The van der Waals surface area contributed by atoms with Gasteiger partial charge in [0.1, 0.15) is 6.10 Å². The summed E-state index contributed by atoms with van der Waals surface area (Å²) < 4.78 is -1.08. The summed E-state index contributed by atoms with van der Waals surface area (Å²) in [5.74, 6) is -1.19. The first-order valence-electron chi connectivity index (χ1n) is 2.62. The van der Waals surface area contributed by atoms with E-state index in [0.29, 0.717) is 0 Å². The van der Waals surface area contributed by atoms with Crippen molar-refractivity contribution in [3.05, 3.63) is 0 Å². The molecule has 0 aromatic carbocycles. The van der Waals surface area contributed by atoms with Crippen LogP contribution in [0.1, 0.15) is 13.8 Å². The van der Waals surface area contributed by atoms with Gasteiger partial charge in [0, 0.05) is 0 Å². The van der Waals surface area contributed by atoms with Gasteiger partial charge in [0.15, 0.2) is 3.79 Å². The number of aliphatic hydroxyl groups is 1. The Hall–Kier alpha value is 0.300. The smallest absolute Gasteiger partial charge is 0.332 e. The third kappa shape index (κ3) is 38.4. The minimum absolute atomic E-state index is 1.08. The summed E-state index contributed by atoms with van der Waals surface area (Å²) in [6, 6.07) is 0. The predicted octanol–water partition coefficient (Wildman–Crippen LogP) is 1.83. The number of aliphatic carboxylic acids is 1. The Morgan fingerprint density at radius 3 is 1.55 bits per heavy atom. The number of carboxylic acid groups (broad SMARTS) is 1. The van der Waals surface area contributed by atoms with Gasteiger partial charge in [-0.2, -0.15) is 0 Å². The lowest BCUT2D eigenvalue weighted by Crippen LogP contribution is -2.13. The Morgan fingerprint density at radius 2 is 1.55 bits per heavy atom. The van der Waals surface area contributed by atoms with E-state index in [2.05, 4.69) is 0 Å². The monoisotopic (exact) mass is 222 g/mol. The molecule has 0 saturated heterocycles. The molecule has 0 rings (SSSR count). The molecule has 11 heavy (non-hydrogen) atoms. The zero-order chi connectivity index (χ0) is 9.65. The van der Waals surface area contributed by atoms with Crippen LogP contribution in [0.3, 0.4) is 0 Å². The van der Waals surface area contributed by atoms with Crippen LogP contribution in [0.5, 0.6) is 0 Å². The molecule has 0 amide bonds. The second-order valence-electron chi connectivity index (χ2n) is 1.80. The molecule has 0 heterocycles. The first kappa shape index (κ1) is 13.9. The average Bonchev–Trinajstić information content (AvgIpc) is 1.59. The number of halogens is 3. The number of alkyl halides is 3. The van der Waals surface area contributed by atoms with Crippen LogP contribution in [0.2, 0.25) is 0 Å². The second kappa shape index (κ2) is 5.89. The fourth-order valence-corrected chi connectivity index (χ4v) is 0. The number of aliphatic hydroxyl groups excluding tert-OH is 1. The summed E-state index contributed by atoms with van der Waals surface area (Å²) in [5, 5.41) is 15.8. The molecule has 68 valence electrons. The van der Waals surface area contributed by atoms with Crippen molar-refractivity contribution in [1.82, 2.24) is 0 Å². The fraction of sp³-hybridized carbons (Fsp3) is 0.800. The van der Waals surface area contributed by atoms with E-state index in [9.17, 15) is 4.79 Å². The van der Waals surface area contributed by atoms with Gasteiger partial charge in [-0.25, -0.2) is 4.79 Å². The quantitative estimate of drug-likeness (QED) is 0.667. The van der Waals surface area contributed by atoms with Crippen LogP contribution >= 0.6 is 34.8 Å². The Morgan fingerprint density at radius 1 is 1.45 bits per heavy atom. The summed E-state index contributed by atoms with van der Waals surface area (Å²) >= 11 is 15.2. The van der Waals surface area contributed by atoms with Crippen molar-refractivity contribution in [1.29, 1.82) is 0 Å². The standard InChI is InChI=1S/C3H6O3.C2H3Cl3/c1-2(4)3(5)6;1-2(3,4)5/h2,4H,1H3,(H,5,6);1H3. The van der Waals surface area contributed by atoms with Crippen LogP contribution in [0.25, 0.3) is 0 Å². The highest BCUT2D eigenvalue weighted by Gasteiger charge is 2.07. The van der Waals surface area contributed by atoms with Gasteiger partial charge >= 0.3 is 5.97 Å². The number of hydrogen-bond acceptors (Lipinski definition) is 2. The van der Waals surface area contributed by atoms with Gasteiger partial charge in [-0.1, -0.05) is 34.8 Å². The van der Waals surface area contributed by atoms with Gasteiger partial charge < -0.3 is 10.2 Å². The summed E-state index contributed by atoms with van der Waals surface area (Å²) in [6.07, 6.45) is -1.23. The lowest BCUT2D eigenvalue weighted by molar-refractivity contribution is -0.145. The molecular formula is C5H9Cl3O3. The predicted molar refractivity (Wildman–Crippen MR) is 45.3 cm³/mol. The van der Waals surface area contributed by atoms with Crippen molar-refractivity contribution in [3.8, 4) is 0 Å². The molecule has 0 aromatic rings. The highest BCUT2D eigenvalue weighted by Crippen LogP contribution is 2.23. The van der Waals surface area contributed by atoms with Crippen molar-refractivity contribution in [2.24, 2.45) is 0 Å². The fourth-order valence-electron chi connectivity index (χ4n) is 0. The summed E-state index contributed by atoms with van der Waals surface area (Å²) in [6.45, 7) is 2.68. The van der Waals surface area contributed by atoms with E-state index in [4.69, 9.17) is 45.0 Å². The molecule has 2 N–H and O–H groups in total. The minimum atomic E-state index is -1.23. The minimum Gasteiger partial charge on any atom is -0.479 e. The van der Waals surface area contributed by atoms with Crippen molar-refractivity contribution in [2.75, 3.05) is 0 Å². The van der Waals surface area contributed by atoms with Gasteiger partial charge in [-0.05, 0) is 13.8 Å². The molecule has 3 nitrogen and oxygen atoms in total. The highest BCUT2D eigenvalue weighted by atomic mass is 35.6. The molecule has 1 unspecified atom stereocenters. The van der Waals surface area contributed by atoms with E-state index < -0.39 is 15.9 Å². The molecule has 0 bridgehead atoms. The van der Waals surface area contributed by atoms with Crippen LogP contribution in [0, 0.1) is 0 Å². The first-order chi connectivity index (χ1) is 4.64. The van der Waals surface area contributed by atoms with Crippen molar-refractivity contribution < 1.29 is 15.0 Å². The molecule has 0 aliphatic carbocycles. The zero-order valence-electron chi connectivity index (χ0n) is 6.01. The third-order valence-electron chi connectivity index (χ3n) is 0.357. The van der Waals surface area contributed by atoms with Gasteiger partial charge in [0.05, 0.1) is 0 Å². The molecule has 0 saturated carbocycles. The van der Waals surface area contributed by atoms with Crippen molar-refractivity contribution in [2.45, 2.75) is 23.7 Å². The number of rotatable bonds is 1. The van der Waals surface area contributed by atoms with Crippen molar-refractivity contribution >= 4 is 40.8 Å². The Bertz CT molecular complexity index is 113.